The maximum absolute atomic E-state index is 13.0. The van der Waals surface area contributed by atoms with Crippen LogP contribution in [-0.4, -0.2) is 46.9 Å². The van der Waals surface area contributed by atoms with Gasteiger partial charge in [0.25, 0.3) is 5.91 Å². The number of hydrogen-bond donors (Lipinski definition) is 1. The van der Waals surface area contributed by atoms with E-state index in [-0.39, 0.29) is 5.91 Å². The summed E-state index contributed by atoms with van der Waals surface area (Å²) in [5, 5.41) is 3.92. The molecule has 5 rings (SSSR count). The van der Waals surface area contributed by atoms with Gasteiger partial charge in [0.2, 0.25) is 0 Å². The third kappa shape index (κ3) is 3.58. The molecule has 2 atom stereocenters. The van der Waals surface area contributed by atoms with Crippen LogP contribution in [0.4, 0.5) is 0 Å². The molecule has 2 aromatic heterocycles. The Hall–Kier alpha value is -2.89. The lowest BCUT2D eigenvalue weighted by Crippen LogP contribution is -2.42. The lowest BCUT2D eigenvalue weighted by Gasteiger charge is -2.28. The van der Waals surface area contributed by atoms with E-state index in [1.165, 1.54) is 29.7 Å². The van der Waals surface area contributed by atoms with E-state index in [2.05, 4.69) is 61.4 Å². The number of benzene rings is 1. The minimum atomic E-state index is -0.105. The number of likely N-dealkylation sites (tertiary alicyclic amines) is 1. The Morgan fingerprint density at radius 2 is 1.97 bits per heavy atom. The highest BCUT2D eigenvalue weighted by Gasteiger charge is 2.32. The molecule has 2 unspecified atom stereocenters. The van der Waals surface area contributed by atoms with E-state index in [1.54, 1.807) is 7.05 Å². The highest BCUT2D eigenvalue weighted by atomic mass is 16.1. The van der Waals surface area contributed by atoms with Crippen LogP contribution in [0.15, 0.2) is 23.2 Å². The normalized spacial score (nSPS) is 19.1. The van der Waals surface area contributed by atoms with Crippen molar-refractivity contribution in [2.24, 2.45) is 22.7 Å². The molecule has 2 aliphatic heterocycles. The molecule has 6 heteroatoms. The number of pyridine rings is 1. The zero-order valence-corrected chi connectivity index (χ0v) is 21.4. The van der Waals surface area contributed by atoms with Gasteiger partial charge in [-0.2, -0.15) is 0 Å². The van der Waals surface area contributed by atoms with E-state index in [0.29, 0.717) is 17.1 Å². The number of nitrogens with one attached hydrogen (secondary N) is 1. The van der Waals surface area contributed by atoms with Crippen molar-refractivity contribution in [3.8, 4) is 0 Å². The SMILES string of the molecule is CCC(C(C)C)C1CCN(C2=c3cc(C(=O)NC)c4nc5cc(C)c(C)cc5n4c3=NCC2)C1. The molecule has 1 saturated heterocycles. The Morgan fingerprint density at radius 1 is 1.21 bits per heavy atom. The second kappa shape index (κ2) is 8.71. The van der Waals surface area contributed by atoms with Crippen LogP contribution in [0.1, 0.15) is 61.5 Å². The second-order valence-corrected chi connectivity index (χ2v) is 10.5. The minimum Gasteiger partial charge on any atom is -0.374 e. The molecule has 1 amide bonds. The molecule has 0 bridgehead atoms. The van der Waals surface area contributed by atoms with Crippen LogP contribution in [0, 0.1) is 31.6 Å². The molecule has 0 radical (unpaired) electrons. The number of rotatable bonds is 5. The molecule has 1 aromatic carbocycles. The molecule has 3 aromatic rings. The van der Waals surface area contributed by atoms with Crippen LogP contribution >= 0.6 is 0 Å². The van der Waals surface area contributed by atoms with Gasteiger partial charge in [0.05, 0.1) is 16.6 Å². The van der Waals surface area contributed by atoms with E-state index in [4.69, 9.17) is 9.98 Å². The first-order valence-electron chi connectivity index (χ1n) is 12.8. The fourth-order valence-electron chi connectivity index (χ4n) is 6.25. The molecule has 1 N–H and O–H groups in total. The minimum absolute atomic E-state index is 0.105. The van der Waals surface area contributed by atoms with Gasteiger partial charge < -0.3 is 10.2 Å². The molecule has 0 spiro atoms. The summed E-state index contributed by atoms with van der Waals surface area (Å²) < 4.78 is 2.12. The standard InChI is InChI=1S/C28H37N5O/c1-7-20(16(2)3)19-9-11-32(15-19)24-8-10-30-26-21(24)14-22(28(34)29-6)27-31-23-12-17(4)18(5)13-25(23)33(26)27/h12-14,16,19-20H,7-11,15H2,1-6H3,(H,29,34). The smallest absolute Gasteiger partial charge is 0.254 e. The molecule has 180 valence electrons. The fraction of sp³-hybridized carbons (Fsp3) is 0.536. The average molecular weight is 460 g/mol. The van der Waals surface area contributed by atoms with Crippen molar-refractivity contribution < 1.29 is 4.79 Å². The van der Waals surface area contributed by atoms with Crippen molar-refractivity contribution in [1.82, 2.24) is 19.6 Å². The zero-order chi connectivity index (χ0) is 24.1. The quantitative estimate of drug-likeness (QED) is 0.634. The number of aromatic nitrogens is 2. The van der Waals surface area contributed by atoms with Gasteiger partial charge in [0, 0.05) is 44.0 Å². The number of carbonyl (C=O) groups excluding carboxylic acids is 1. The summed E-state index contributed by atoms with van der Waals surface area (Å²) in [6.45, 7) is 14.2. The van der Waals surface area contributed by atoms with Gasteiger partial charge in [-0.3, -0.25) is 14.2 Å². The summed E-state index contributed by atoms with van der Waals surface area (Å²) in [4.78, 5) is 25.5. The van der Waals surface area contributed by atoms with E-state index in [9.17, 15) is 4.79 Å². The molecule has 1 fully saturated rings. The van der Waals surface area contributed by atoms with E-state index < -0.39 is 0 Å². The predicted octanol–water partition coefficient (Wildman–Crippen LogP) is 3.60. The fourth-order valence-corrected chi connectivity index (χ4v) is 6.25. The maximum atomic E-state index is 13.0. The highest BCUT2D eigenvalue weighted by molar-refractivity contribution is 6.01. The van der Waals surface area contributed by atoms with Crippen molar-refractivity contribution in [2.45, 2.75) is 53.9 Å². The molecule has 2 aliphatic rings. The van der Waals surface area contributed by atoms with Gasteiger partial charge in [-0.1, -0.05) is 27.2 Å². The van der Waals surface area contributed by atoms with Crippen LogP contribution in [-0.2, 0) is 0 Å². The first-order chi connectivity index (χ1) is 16.3. The largest absolute Gasteiger partial charge is 0.374 e. The number of nitrogens with zero attached hydrogens (tertiary/aromatic N) is 4. The van der Waals surface area contributed by atoms with Crippen molar-refractivity contribution >= 4 is 28.3 Å². The monoisotopic (exact) mass is 459 g/mol. The van der Waals surface area contributed by atoms with E-state index in [0.717, 1.165) is 59.6 Å². The van der Waals surface area contributed by atoms with Gasteiger partial charge in [-0.05, 0) is 67.3 Å². The average Bonchev–Trinajstić information content (AvgIpc) is 3.43. The lowest BCUT2D eigenvalue weighted by molar-refractivity contribution is 0.0964. The number of carbonyl (C=O) groups is 1. The Labute approximate surface area is 201 Å². The molecule has 4 heterocycles. The molecule has 0 saturated carbocycles. The van der Waals surface area contributed by atoms with Crippen LogP contribution in [0.25, 0.3) is 22.4 Å². The van der Waals surface area contributed by atoms with Crippen LogP contribution in [0.5, 0.6) is 0 Å². The van der Waals surface area contributed by atoms with Gasteiger partial charge >= 0.3 is 0 Å². The maximum Gasteiger partial charge on any atom is 0.254 e. The molecular weight excluding hydrogens is 422 g/mol. The lowest BCUT2D eigenvalue weighted by atomic mass is 9.81. The molecular formula is C28H37N5O. The first-order valence-corrected chi connectivity index (χ1v) is 12.8. The van der Waals surface area contributed by atoms with Gasteiger partial charge in [-0.15, -0.1) is 0 Å². The topological polar surface area (TPSA) is 62.0 Å². The summed E-state index contributed by atoms with van der Waals surface area (Å²) in [5.74, 6) is 2.08. The summed E-state index contributed by atoms with van der Waals surface area (Å²) in [6.07, 6.45) is 3.39. The Kier molecular flexibility index (Phi) is 5.86. The Balaban J connectivity index is 1.76. The van der Waals surface area contributed by atoms with Crippen LogP contribution < -0.4 is 16.0 Å². The van der Waals surface area contributed by atoms with Gasteiger partial charge in [0.15, 0.2) is 5.65 Å². The Bertz CT molecular complexity index is 1400. The van der Waals surface area contributed by atoms with Crippen molar-refractivity contribution in [3.05, 3.63) is 45.6 Å². The number of fused-ring (bicyclic) bond motifs is 5. The number of aryl methyl sites for hydroxylation is 2. The predicted molar refractivity (Wildman–Crippen MR) is 138 cm³/mol. The zero-order valence-electron chi connectivity index (χ0n) is 21.4. The summed E-state index contributed by atoms with van der Waals surface area (Å²) in [6, 6.07) is 6.34. The third-order valence-electron chi connectivity index (χ3n) is 8.18. The van der Waals surface area contributed by atoms with Gasteiger partial charge in [-0.25, -0.2) is 4.98 Å². The number of imidazole rings is 1. The van der Waals surface area contributed by atoms with Gasteiger partial charge in [0.1, 0.15) is 5.49 Å². The van der Waals surface area contributed by atoms with E-state index in [1.807, 2.05) is 6.07 Å². The molecule has 34 heavy (non-hydrogen) atoms. The highest BCUT2D eigenvalue weighted by Crippen LogP contribution is 2.34. The second-order valence-electron chi connectivity index (χ2n) is 10.5. The van der Waals surface area contributed by atoms with Crippen molar-refractivity contribution in [1.29, 1.82) is 0 Å². The first kappa shape index (κ1) is 22.9. The summed E-state index contributed by atoms with van der Waals surface area (Å²) in [7, 11) is 1.69. The molecule has 6 nitrogen and oxygen atoms in total. The van der Waals surface area contributed by atoms with Crippen LogP contribution in [0.2, 0.25) is 0 Å². The molecule has 0 aliphatic carbocycles. The Morgan fingerprint density at radius 3 is 2.68 bits per heavy atom. The number of hydrogen-bond acceptors (Lipinski definition) is 4. The summed E-state index contributed by atoms with van der Waals surface area (Å²) >= 11 is 0. The van der Waals surface area contributed by atoms with Crippen molar-refractivity contribution in [2.75, 3.05) is 26.7 Å². The van der Waals surface area contributed by atoms with Crippen LogP contribution in [0.3, 0.4) is 0 Å². The third-order valence-corrected chi connectivity index (χ3v) is 8.18. The summed E-state index contributed by atoms with van der Waals surface area (Å²) in [5.41, 5.74) is 7.94. The van der Waals surface area contributed by atoms with Crippen molar-refractivity contribution in [3.63, 3.8) is 0 Å². The number of amides is 1. The van der Waals surface area contributed by atoms with E-state index >= 15 is 0 Å².